The zero-order chi connectivity index (χ0) is 18.4. The lowest BCUT2D eigenvalue weighted by Crippen LogP contribution is -2.04. The van der Waals surface area contributed by atoms with Crippen molar-refractivity contribution in [3.05, 3.63) is 57.6 Å². The van der Waals surface area contributed by atoms with Gasteiger partial charge in [-0.1, -0.05) is 0 Å². The van der Waals surface area contributed by atoms with Gasteiger partial charge in [-0.15, -0.1) is 0 Å². The maximum atomic E-state index is 11.6. The number of rotatable bonds is 7. The number of nitro groups is 1. The van der Waals surface area contributed by atoms with Crippen LogP contribution in [0, 0.1) is 10.1 Å². The van der Waals surface area contributed by atoms with Crippen molar-refractivity contribution in [2.75, 3.05) is 21.3 Å². The second-order valence-corrected chi connectivity index (χ2v) is 4.90. The van der Waals surface area contributed by atoms with E-state index >= 15 is 0 Å². The number of non-ortho nitro benzene ring substituents is 1. The van der Waals surface area contributed by atoms with Gasteiger partial charge in [-0.2, -0.15) is 0 Å². The Labute approximate surface area is 144 Å². The van der Waals surface area contributed by atoms with Gasteiger partial charge < -0.3 is 18.9 Å². The smallest absolute Gasteiger partial charge is 0.337 e. The van der Waals surface area contributed by atoms with Crippen LogP contribution in [0.15, 0.2) is 36.4 Å². The van der Waals surface area contributed by atoms with Crippen molar-refractivity contribution in [3.8, 4) is 17.2 Å². The highest BCUT2D eigenvalue weighted by atomic mass is 16.6. The Kier molecular flexibility index (Phi) is 5.78. The van der Waals surface area contributed by atoms with E-state index in [0.29, 0.717) is 28.4 Å². The molecule has 0 N–H and O–H groups in total. The first-order chi connectivity index (χ1) is 12.0. The van der Waals surface area contributed by atoms with Gasteiger partial charge in [-0.3, -0.25) is 10.1 Å². The minimum Gasteiger partial charge on any atom is -0.496 e. The molecule has 2 rings (SSSR count). The number of benzene rings is 2. The van der Waals surface area contributed by atoms with Crippen molar-refractivity contribution >= 4 is 11.7 Å². The number of hydrogen-bond donors (Lipinski definition) is 0. The van der Waals surface area contributed by atoms with Crippen LogP contribution >= 0.6 is 0 Å². The zero-order valence-electron chi connectivity index (χ0n) is 14.0. The Bertz CT molecular complexity index is 789. The number of nitrogens with zero attached hydrogens (tertiary/aromatic N) is 1. The minimum atomic E-state index is -0.495. The molecule has 8 nitrogen and oxygen atoms in total. The molecule has 0 heterocycles. The molecule has 0 saturated carbocycles. The first-order valence-electron chi connectivity index (χ1n) is 7.20. The van der Waals surface area contributed by atoms with Crippen molar-refractivity contribution in [2.24, 2.45) is 0 Å². The number of ether oxygens (including phenoxy) is 4. The third kappa shape index (κ3) is 4.17. The Morgan fingerprint density at radius 3 is 2.28 bits per heavy atom. The lowest BCUT2D eigenvalue weighted by Gasteiger charge is -2.13. The molecule has 0 atom stereocenters. The highest BCUT2D eigenvalue weighted by Gasteiger charge is 2.15. The molecule has 0 radical (unpaired) electrons. The summed E-state index contributed by atoms with van der Waals surface area (Å²) in [5, 5.41) is 10.9. The maximum absolute atomic E-state index is 11.6. The molecule has 0 amide bonds. The van der Waals surface area contributed by atoms with Gasteiger partial charge in [-0.25, -0.2) is 4.79 Å². The highest BCUT2D eigenvalue weighted by molar-refractivity contribution is 5.90. The zero-order valence-corrected chi connectivity index (χ0v) is 14.0. The molecule has 0 aliphatic carbocycles. The van der Waals surface area contributed by atoms with Gasteiger partial charge in [0.1, 0.15) is 12.4 Å². The number of carbonyl (C=O) groups excluding carboxylic acids is 1. The lowest BCUT2D eigenvalue weighted by molar-refractivity contribution is -0.385. The molecule has 2 aromatic carbocycles. The first kappa shape index (κ1) is 18.1. The fourth-order valence-corrected chi connectivity index (χ4v) is 2.18. The summed E-state index contributed by atoms with van der Waals surface area (Å²) in [4.78, 5) is 22.0. The van der Waals surface area contributed by atoms with E-state index in [4.69, 9.17) is 14.2 Å². The van der Waals surface area contributed by atoms with E-state index < -0.39 is 10.9 Å². The predicted molar refractivity (Wildman–Crippen MR) is 88.3 cm³/mol. The van der Waals surface area contributed by atoms with Crippen molar-refractivity contribution in [2.45, 2.75) is 6.61 Å². The van der Waals surface area contributed by atoms with Crippen molar-refractivity contribution in [1.82, 2.24) is 0 Å². The second kappa shape index (κ2) is 8.00. The summed E-state index contributed by atoms with van der Waals surface area (Å²) >= 11 is 0. The Balaban J connectivity index is 2.25. The van der Waals surface area contributed by atoms with Gasteiger partial charge in [-0.05, 0) is 24.3 Å². The van der Waals surface area contributed by atoms with Crippen LogP contribution in [-0.2, 0) is 11.3 Å². The second-order valence-electron chi connectivity index (χ2n) is 4.90. The Hall–Kier alpha value is -3.29. The molecule has 0 saturated heterocycles. The van der Waals surface area contributed by atoms with Crippen LogP contribution in [0.3, 0.4) is 0 Å². The van der Waals surface area contributed by atoms with Gasteiger partial charge in [0.2, 0.25) is 0 Å². The van der Waals surface area contributed by atoms with Crippen LogP contribution < -0.4 is 14.2 Å². The summed E-state index contributed by atoms with van der Waals surface area (Å²) < 4.78 is 20.7. The summed E-state index contributed by atoms with van der Waals surface area (Å²) in [5.41, 5.74) is 0.767. The SMILES string of the molecule is COC(=O)c1ccc(OCc2cc([N+](=O)[O-])ccc2OC)c(OC)c1. The van der Waals surface area contributed by atoms with Crippen molar-refractivity contribution in [1.29, 1.82) is 0 Å². The normalized spacial score (nSPS) is 10.0. The summed E-state index contributed by atoms with van der Waals surface area (Å²) in [6.45, 7) is 0.0266. The Morgan fingerprint density at radius 1 is 1.00 bits per heavy atom. The van der Waals surface area contributed by atoms with Crippen LogP contribution in [0.2, 0.25) is 0 Å². The largest absolute Gasteiger partial charge is 0.496 e. The third-order valence-electron chi connectivity index (χ3n) is 3.44. The van der Waals surface area contributed by atoms with E-state index in [1.165, 1.54) is 51.7 Å². The molecule has 0 aromatic heterocycles. The van der Waals surface area contributed by atoms with E-state index in [9.17, 15) is 14.9 Å². The van der Waals surface area contributed by atoms with Crippen LogP contribution in [0.25, 0.3) is 0 Å². The standard InChI is InChI=1S/C17H17NO7/c1-22-14-7-5-13(18(20)21)8-12(14)10-25-15-6-4-11(17(19)24-3)9-16(15)23-2/h4-9H,10H2,1-3H3. The van der Waals surface area contributed by atoms with Gasteiger partial charge in [0.15, 0.2) is 11.5 Å². The Morgan fingerprint density at radius 2 is 1.68 bits per heavy atom. The quantitative estimate of drug-likeness (QED) is 0.431. The van der Waals surface area contributed by atoms with Gasteiger partial charge in [0.05, 0.1) is 31.8 Å². The fourth-order valence-electron chi connectivity index (χ4n) is 2.18. The number of methoxy groups -OCH3 is 3. The van der Waals surface area contributed by atoms with Crippen LogP contribution in [0.5, 0.6) is 17.2 Å². The summed E-state index contributed by atoms with van der Waals surface area (Å²) in [6, 6.07) is 8.84. The molecule has 0 aliphatic rings. The molecular formula is C17H17NO7. The monoisotopic (exact) mass is 347 g/mol. The molecule has 0 unspecified atom stereocenters. The fraction of sp³-hybridized carbons (Fsp3) is 0.235. The minimum absolute atomic E-state index is 0.0266. The van der Waals surface area contributed by atoms with Crippen LogP contribution in [0.1, 0.15) is 15.9 Å². The van der Waals surface area contributed by atoms with Crippen LogP contribution in [0.4, 0.5) is 5.69 Å². The molecule has 0 bridgehead atoms. The van der Waals surface area contributed by atoms with Gasteiger partial charge in [0, 0.05) is 17.7 Å². The summed E-state index contributed by atoms with van der Waals surface area (Å²) in [5.74, 6) is 0.692. The van der Waals surface area contributed by atoms with Gasteiger partial charge in [0.25, 0.3) is 5.69 Å². The first-order valence-corrected chi connectivity index (χ1v) is 7.20. The van der Waals surface area contributed by atoms with E-state index in [1.807, 2.05) is 0 Å². The number of nitro benzene ring substituents is 1. The molecule has 132 valence electrons. The van der Waals surface area contributed by atoms with Crippen LogP contribution in [-0.4, -0.2) is 32.2 Å². The molecule has 0 aliphatic heterocycles. The number of carbonyl (C=O) groups is 1. The molecule has 2 aromatic rings. The predicted octanol–water partition coefficient (Wildman–Crippen LogP) is 2.98. The van der Waals surface area contributed by atoms with E-state index in [2.05, 4.69) is 4.74 Å². The molecule has 0 spiro atoms. The maximum Gasteiger partial charge on any atom is 0.337 e. The molecule has 25 heavy (non-hydrogen) atoms. The lowest BCUT2D eigenvalue weighted by atomic mass is 10.2. The molecule has 0 fully saturated rings. The highest BCUT2D eigenvalue weighted by Crippen LogP contribution is 2.31. The average Bonchev–Trinajstić information content (AvgIpc) is 2.65. The molecule has 8 heteroatoms. The number of esters is 1. The van der Waals surface area contributed by atoms with E-state index in [0.717, 1.165) is 0 Å². The van der Waals surface area contributed by atoms with Crippen molar-refractivity contribution < 1.29 is 28.7 Å². The third-order valence-corrected chi connectivity index (χ3v) is 3.44. The summed E-state index contributed by atoms with van der Waals surface area (Å²) in [7, 11) is 4.20. The van der Waals surface area contributed by atoms with Crippen molar-refractivity contribution in [3.63, 3.8) is 0 Å². The van der Waals surface area contributed by atoms with Gasteiger partial charge >= 0.3 is 5.97 Å². The van der Waals surface area contributed by atoms with E-state index in [-0.39, 0.29) is 12.3 Å². The van der Waals surface area contributed by atoms with E-state index in [1.54, 1.807) is 6.07 Å². The average molecular weight is 347 g/mol. The summed E-state index contributed by atoms with van der Waals surface area (Å²) in [6.07, 6.45) is 0. The number of hydrogen-bond acceptors (Lipinski definition) is 7. The topological polar surface area (TPSA) is 97.1 Å². The molecular weight excluding hydrogens is 330 g/mol.